The first kappa shape index (κ1) is 13.3. The fourth-order valence-electron chi connectivity index (χ4n) is 2.07. The van der Waals surface area contributed by atoms with Crippen LogP contribution in [0.25, 0.3) is 0 Å². The summed E-state index contributed by atoms with van der Waals surface area (Å²) in [5, 5.41) is 3.60. The molecule has 0 saturated carbocycles. The summed E-state index contributed by atoms with van der Waals surface area (Å²) in [6, 6.07) is 0. The molecule has 0 aliphatic carbocycles. The zero-order chi connectivity index (χ0) is 10.9. The fraction of sp³-hybridized carbons (Fsp3) is 1.00. The van der Waals surface area contributed by atoms with E-state index in [1.807, 2.05) is 11.8 Å². The maximum absolute atomic E-state index is 3.60. The van der Waals surface area contributed by atoms with Gasteiger partial charge >= 0.3 is 0 Å². The van der Waals surface area contributed by atoms with Gasteiger partial charge in [0, 0.05) is 0 Å². The minimum Gasteiger partial charge on any atom is -0.316 e. The first-order valence-electron chi connectivity index (χ1n) is 6.21. The van der Waals surface area contributed by atoms with Gasteiger partial charge in [0.05, 0.1) is 0 Å². The minimum absolute atomic E-state index is 0.932. The monoisotopic (exact) mass is 230 g/mol. The van der Waals surface area contributed by atoms with Gasteiger partial charge in [-0.15, -0.1) is 0 Å². The van der Waals surface area contributed by atoms with E-state index in [0.717, 1.165) is 5.92 Å². The molecule has 0 aromatic carbocycles. The van der Waals surface area contributed by atoms with Gasteiger partial charge in [-0.05, 0) is 76.8 Å². The Labute approximate surface area is 99.2 Å². The van der Waals surface area contributed by atoms with Crippen LogP contribution < -0.4 is 5.32 Å². The lowest BCUT2D eigenvalue weighted by atomic mass is 9.97. The minimum atomic E-state index is 0.932. The number of unbranched alkanes of at least 4 members (excludes halogenated alkanes) is 1. The Morgan fingerprint density at radius 3 is 2.67 bits per heavy atom. The predicted molar refractivity (Wildman–Crippen MR) is 70.7 cm³/mol. The highest BCUT2D eigenvalue weighted by Crippen LogP contribution is 2.14. The SMILES string of the molecule is CSCCCCNCC1CCN(C)CC1. The maximum atomic E-state index is 3.60. The van der Waals surface area contributed by atoms with Gasteiger partial charge in [-0.3, -0.25) is 0 Å². The number of hydrogen-bond donors (Lipinski definition) is 1. The lowest BCUT2D eigenvalue weighted by Crippen LogP contribution is -2.35. The van der Waals surface area contributed by atoms with E-state index in [4.69, 9.17) is 0 Å². The second kappa shape index (κ2) is 8.43. The van der Waals surface area contributed by atoms with Gasteiger partial charge in [0.25, 0.3) is 0 Å². The van der Waals surface area contributed by atoms with Crippen LogP contribution in [0.4, 0.5) is 0 Å². The second-order valence-corrected chi connectivity index (χ2v) is 5.64. The lowest BCUT2D eigenvalue weighted by molar-refractivity contribution is 0.216. The molecule has 1 saturated heterocycles. The molecule has 1 rings (SSSR count). The molecule has 0 bridgehead atoms. The Morgan fingerprint density at radius 2 is 2.00 bits per heavy atom. The number of hydrogen-bond acceptors (Lipinski definition) is 3. The normalized spacial score (nSPS) is 19.6. The highest BCUT2D eigenvalue weighted by molar-refractivity contribution is 7.98. The smallest absolute Gasteiger partial charge is 0.00187 e. The highest BCUT2D eigenvalue weighted by Gasteiger charge is 2.15. The Balaban J connectivity index is 1.87. The largest absolute Gasteiger partial charge is 0.316 e. The standard InChI is InChI=1S/C12H26N2S/c1-14-8-5-12(6-9-14)11-13-7-3-4-10-15-2/h12-13H,3-11H2,1-2H3. The van der Waals surface area contributed by atoms with Crippen molar-refractivity contribution in [3.8, 4) is 0 Å². The topological polar surface area (TPSA) is 15.3 Å². The van der Waals surface area contributed by atoms with Crippen LogP contribution in [0, 0.1) is 5.92 Å². The zero-order valence-electron chi connectivity index (χ0n) is 10.3. The van der Waals surface area contributed by atoms with E-state index < -0.39 is 0 Å². The molecule has 15 heavy (non-hydrogen) atoms. The van der Waals surface area contributed by atoms with Crippen molar-refractivity contribution < 1.29 is 0 Å². The van der Waals surface area contributed by atoms with Crippen LogP contribution in [-0.2, 0) is 0 Å². The van der Waals surface area contributed by atoms with Crippen molar-refractivity contribution in [2.24, 2.45) is 5.92 Å². The van der Waals surface area contributed by atoms with E-state index in [2.05, 4.69) is 23.5 Å². The van der Waals surface area contributed by atoms with Gasteiger partial charge in [0.2, 0.25) is 0 Å². The molecule has 1 aliphatic heterocycles. The van der Waals surface area contributed by atoms with Crippen LogP contribution in [-0.4, -0.2) is 50.1 Å². The third kappa shape index (κ3) is 6.44. The van der Waals surface area contributed by atoms with E-state index in [0.29, 0.717) is 0 Å². The quantitative estimate of drug-likeness (QED) is 0.674. The van der Waals surface area contributed by atoms with E-state index in [1.54, 1.807) is 0 Å². The molecule has 0 amide bonds. The molecule has 3 heteroatoms. The van der Waals surface area contributed by atoms with E-state index in [1.165, 1.54) is 57.6 Å². The van der Waals surface area contributed by atoms with Crippen molar-refractivity contribution >= 4 is 11.8 Å². The van der Waals surface area contributed by atoms with Gasteiger partial charge < -0.3 is 10.2 Å². The molecule has 0 atom stereocenters. The van der Waals surface area contributed by atoms with Crippen LogP contribution in [0.5, 0.6) is 0 Å². The number of nitrogens with zero attached hydrogens (tertiary/aromatic N) is 1. The van der Waals surface area contributed by atoms with E-state index >= 15 is 0 Å². The average molecular weight is 230 g/mol. The maximum Gasteiger partial charge on any atom is -0.00187 e. The van der Waals surface area contributed by atoms with Crippen LogP contribution >= 0.6 is 11.8 Å². The van der Waals surface area contributed by atoms with Crippen molar-refractivity contribution in [3.63, 3.8) is 0 Å². The summed E-state index contributed by atoms with van der Waals surface area (Å²) in [6.45, 7) is 5.04. The van der Waals surface area contributed by atoms with Crippen molar-refractivity contribution in [1.82, 2.24) is 10.2 Å². The molecule has 1 N–H and O–H groups in total. The van der Waals surface area contributed by atoms with Gasteiger partial charge in [-0.1, -0.05) is 0 Å². The number of rotatable bonds is 7. The Bertz CT molecular complexity index is 145. The number of nitrogens with one attached hydrogen (secondary N) is 1. The van der Waals surface area contributed by atoms with Gasteiger partial charge in [0.1, 0.15) is 0 Å². The van der Waals surface area contributed by atoms with Crippen LogP contribution in [0.15, 0.2) is 0 Å². The summed E-state index contributed by atoms with van der Waals surface area (Å²) in [5.74, 6) is 2.25. The number of likely N-dealkylation sites (tertiary alicyclic amines) is 1. The van der Waals surface area contributed by atoms with Crippen molar-refractivity contribution in [2.45, 2.75) is 25.7 Å². The molecule has 1 heterocycles. The van der Waals surface area contributed by atoms with Crippen molar-refractivity contribution in [2.75, 3.05) is 45.2 Å². The van der Waals surface area contributed by atoms with Gasteiger partial charge in [-0.2, -0.15) is 11.8 Å². The molecular formula is C12H26N2S. The van der Waals surface area contributed by atoms with Gasteiger partial charge in [-0.25, -0.2) is 0 Å². The third-order valence-corrected chi connectivity index (χ3v) is 3.92. The molecule has 1 aliphatic rings. The molecule has 0 aromatic rings. The molecule has 0 radical (unpaired) electrons. The van der Waals surface area contributed by atoms with Crippen molar-refractivity contribution in [1.29, 1.82) is 0 Å². The van der Waals surface area contributed by atoms with Crippen molar-refractivity contribution in [3.05, 3.63) is 0 Å². The number of thioether (sulfide) groups is 1. The predicted octanol–water partition coefficient (Wildman–Crippen LogP) is 2.06. The molecule has 2 nitrogen and oxygen atoms in total. The van der Waals surface area contributed by atoms with Crippen LogP contribution in [0.3, 0.4) is 0 Å². The molecule has 0 aromatic heterocycles. The molecule has 1 fully saturated rings. The molecule has 0 spiro atoms. The molecular weight excluding hydrogens is 204 g/mol. The Hall–Kier alpha value is 0.270. The first-order chi connectivity index (χ1) is 7.33. The summed E-state index contributed by atoms with van der Waals surface area (Å²) in [6.07, 6.45) is 7.66. The van der Waals surface area contributed by atoms with Gasteiger partial charge in [0.15, 0.2) is 0 Å². The highest BCUT2D eigenvalue weighted by atomic mass is 32.2. The summed E-state index contributed by atoms with van der Waals surface area (Å²) in [4.78, 5) is 2.44. The molecule has 90 valence electrons. The second-order valence-electron chi connectivity index (χ2n) is 4.65. The molecule has 0 unspecified atom stereocenters. The fourth-order valence-corrected chi connectivity index (χ4v) is 2.56. The number of piperidine rings is 1. The average Bonchev–Trinajstić information content (AvgIpc) is 2.26. The zero-order valence-corrected chi connectivity index (χ0v) is 11.1. The summed E-state index contributed by atoms with van der Waals surface area (Å²) < 4.78 is 0. The summed E-state index contributed by atoms with van der Waals surface area (Å²) in [7, 11) is 2.23. The summed E-state index contributed by atoms with van der Waals surface area (Å²) in [5.41, 5.74) is 0. The van der Waals surface area contributed by atoms with Crippen LogP contribution in [0.1, 0.15) is 25.7 Å². The third-order valence-electron chi connectivity index (χ3n) is 3.22. The Morgan fingerprint density at radius 1 is 1.27 bits per heavy atom. The summed E-state index contributed by atoms with van der Waals surface area (Å²) >= 11 is 1.95. The lowest BCUT2D eigenvalue weighted by Gasteiger charge is -2.29. The Kier molecular flexibility index (Phi) is 7.49. The van der Waals surface area contributed by atoms with Crippen LogP contribution in [0.2, 0.25) is 0 Å². The van der Waals surface area contributed by atoms with E-state index in [9.17, 15) is 0 Å². The van der Waals surface area contributed by atoms with E-state index in [-0.39, 0.29) is 0 Å². The first-order valence-corrected chi connectivity index (χ1v) is 7.60.